The first kappa shape index (κ1) is 13.9. The maximum atomic E-state index is 6.09. The van der Waals surface area contributed by atoms with Gasteiger partial charge in [-0.1, -0.05) is 12.1 Å². The van der Waals surface area contributed by atoms with Crippen molar-refractivity contribution in [2.24, 2.45) is 0 Å². The van der Waals surface area contributed by atoms with E-state index in [9.17, 15) is 0 Å². The molecule has 20 heavy (non-hydrogen) atoms. The van der Waals surface area contributed by atoms with Crippen molar-refractivity contribution in [3.63, 3.8) is 0 Å². The van der Waals surface area contributed by atoms with Gasteiger partial charge < -0.3 is 18.9 Å². The Bertz CT molecular complexity index is 514. The van der Waals surface area contributed by atoms with Crippen molar-refractivity contribution < 1.29 is 14.0 Å². The molecule has 1 aromatic carbocycles. The summed E-state index contributed by atoms with van der Waals surface area (Å²) in [5.41, 5.74) is 2.85. The van der Waals surface area contributed by atoms with Crippen LogP contribution in [0.25, 0.3) is 0 Å². The van der Waals surface area contributed by atoms with Crippen LogP contribution in [-0.4, -0.2) is 32.1 Å². The van der Waals surface area contributed by atoms with Crippen LogP contribution in [0.5, 0.6) is 0 Å². The Morgan fingerprint density at radius 3 is 2.40 bits per heavy atom. The molecule has 0 amide bonds. The molecule has 3 rings (SSSR count). The molecule has 0 aromatic heterocycles. The summed E-state index contributed by atoms with van der Waals surface area (Å²) in [5.74, 6) is 0. The molecule has 0 radical (unpaired) electrons. The first-order valence-electron chi connectivity index (χ1n) is 7.07. The highest BCUT2D eigenvalue weighted by Crippen LogP contribution is 2.36. The minimum Gasteiger partial charge on any atom is -0.399 e. The second-order valence-corrected chi connectivity index (χ2v) is 6.65. The van der Waals surface area contributed by atoms with Gasteiger partial charge in [0.2, 0.25) is 0 Å². The third kappa shape index (κ3) is 2.14. The molecular weight excluding hydrogens is 253 g/mol. The zero-order valence-corrected chi connectivity index (χ0v) is 12.9. The Morgan fingerprint density at radius 2 is 1.75 bits per heavy atom. The molecule has 5 heteroatoms. The van der Waals surface area contributed by atoms with E-state index >= 15 is 0 Å². The normalized spacial score (nSPS) is 23.9. The molecule has 1 aromatic rings. The van der Waals surface area contributed by atoms with Crippen molar-refractivity contribution in [2.75, 3.05) is 18.7 Å². The summed E-state index contributed by atoms with van der Waals surface area (Å²) in [4.78, 5) is 2.10. The zero-order chi connectivity index (χ0) is 14.5. The fraction of sp³-hybridized carbons (Fsp3) is 0.600. The minimum absolute atomic E-state index is 0.305. The molecular formula is C15H22BNO3. The van der Waals surface area contributed by atoms with Crippen molar-refractivity contribution in [2.45, 2.75) is 45.5 Å². The fourth-order valence-corrected chi connectivity index (χ4v) is 2.58. The average Bonchev–Trinajstić information content (AvgIpc) is 2.58. The van der Waals surface area contributed by atoms with Crippen LogP contribution in [0.1, 0.15) is 33.3 Å². The minimum atomic E-state index is -0.308. The van der Waals surface area contributed by atoms with Gasteiger partial charge in [-0.05, 0) is 39.2 Å². The summed E-state index contributed by atoms with van der Waals surface area (Å²) in [6.07, 6.45) is 0. The topological polar surface area (TPSA) is 30.9 Å². The Hall–Kier alpha value is -1.04. The van der Waals surface area contributed by atoms with E-state index in [1.807, 2.05) is 7.05 Å². The van der Waals surface area contributed by atoms with Gasteiger partial charge in [-0.3, -0.25) is 0 Å². The van der Waals surface area contributed by atoms with Gasteiger partial charge in [-0.25, -0.2) is 0 Å². The molecule has 1 fully saturated rings. The van der Waals surface area contributed by atoms with Crippen molar-refractivity contribution in [3.8, 4) is 0 Å². The van der Waals surface area contributed by atoms with E-state index in [1.54, 1.807) is 0 Å². The second-order valence-electron chi connectivity index (χ2n) is 6.65. The lowest BCUT2D eigenvalue weighted by Crippen LogP contribution is -2.41. The summed E-state index contributed by atoms with van der Waals surface area (Å²) in [5, 5.41) is 0. The van der Waals surface area contributed by atoms with E-state index in [-0.39, 0.29) is 18.3 Å². The van der Waals surface area contributed by atoms with E-state index in [0.29, 0.717) is 13.3 Å². The highest BCUT2D eigenvalue weighted by molar-refractivity contribution is 6.62. The summed E-state index contributed by atoms with van der Waals surface area (Å²) in [6, 6.07) is 6.34. The summed E-state index contributed by atoms with van der Waals surface area (Å²) in [7, 11) is 1.73. The molecule has 2 aliphatic heterocycles. The molecule has 0 saturated carbocycles. The molecule has 108 valence electrons. The average molecular weight is 275 g/mol. The number of rotatable bonds is 1. The third-order valence-electron chi connectivity index (χ3n) is 4.58. The van der Waals surface area contributed by atoms with Crippen LogP contribution in [0.3, 0.4) is 0 Å². The standard InChI is InChI=1S/C15H22BNO3/c1-14(2)15(3,4)20-16(19-14)12-6-7-13-11(8-12)9-18-10-17(13)5/h6-8H,9-10H2,1-5H3. The Kier molecular flexibility index (Phi) is 3.12. The SMILES string of the molecule is CN1COCc2cc(B3OC(C)(C)C(C)(C)O3)ccc21. The van der Waals surface area contributed by atoms with E-state index < -0.39 is 0 Å². The van der Waals surface area contributed by atoms with Gasteiger partial charge in [-0.15, -0.1) is 0 Å². The van der Waals surface area contributed by atoms with Crippen LogP contribution in [0.4, 0.5) is 5.69 Å². The summed E-state index contributed by atoms with van der Waals surface area (Å²) in [6.45, 7) is 9.57. The molecule has 0 aliphatic carbocycles. The van der Waals surface area contributed by atoms with Crippen LogP contribution < -0.4 is 10.4 Å². The van der Waals surface area contributed by atoms with Gasteiger partial charge >= 0.3 is 7.12 Å². The monoisotopic (exact) mass is 275 g/mol. The Labute approximate surface area is 121 Å². The molecule has 0 atom stereocenters. The lowest BCUT2D eigenvalue weighted by molar-refractivity contribution is 0.00578. The van der Waals surface area contributed by atoms with Crippen molar-refractivity contribution >= 4 is 18.3 Å². The lowest BCUT2D eigenvalue weighted by Gasteiger charge is -2.32. The molecule has 2 heterocycles. The summed E-state index contributed by atoms with van der Waals surface area (Å²) < 4.78 is 17.7. The molecule has 0 N–H and O–H groups in total. The number of hydrogen-bond donors (Lipinski definition) is 0. The predicted octanol–water partition coefficient (Wildman–Crippen LogP) is 1.91. The number of anilines is 1. The highest BCUT2D eigenvalue weighted by atomic mass is 16.7. The van der Waals surface area contributed by atoms with E-state index in [1.165, 1.54) is 11.3 Å². The van der Waals surface area contributed by atoms with Crippen LogP contribution in [0.2, 0.25) is 0 Å². The first-order valence-corrected chi connectivity index (χ1v) is 7.07. The van der Waals surface area contributed by atoms with E-state index in [4.69, 9.17) is 14.0 Å². The van der Waals surface area contributed by atoms with Crippen molar-refractivity contribution in [1.82, 2.24) is 0 Å². The highest BCUT2D eigenvalue weighted by Gasteiger charge is 2.51. The number of fused-ring (bicyclic) bond motifs is 1. The van der Waals surface area contributed by atoms with Crippen LogP contribution in [0.15, 0.2) is 18.2 Å². The number of benzene rings is 1. The molecule has 4 nitrogen and oxygen atoms in total. The zero-order valence-electron chi connectivity index (χ0n) is 12.9. The van der Waals surface area contributed by atoms with Crippen LogP contribution >= 0.6 is 0 Å². The van der Waals surface area contributed by atoms with Gasteiger partial charge in [0.15, 0.2) is 0 Å². The Balaban J connectivity index is 1.90. The van der Waals surface area contributed by atoms with Crippen LogP contribution in [-0.2, 0) is 20.7 Å². The lowest BCUT2D eigenvalue weighted by atomic mass is 9.78. The molecule has 2 aliphatic rings. The van der Waals surface area contributed by atoms with E-state index in [2.05, 4.69) is 50.8 Å². The van der Waals surface area contributed by atoms with Gasteiger partial charge in [0.1, 0.15) is 6.73 Å². The molecule has 0 spiro atoms. The molecule has 1 saturated heterocycles. The van der Waals surface area contributed by atoms with E-state index in [0.717, 1.165) is 5.46 Å². The number of ether oxygens (including phenoxy) is 1. The van der Waals surface area contributed by atoms with Gasteiger partial charge in [0.05, 0.1) is 17.8 Å². The number of hydrogen-bond acceptors (Lipinski definition) is 4. The smallest absolute Gasteiger partial charge is 0.399 e. The van der Waals surface area contributed by atoms with Gasteiger partial charge in [0.25, 0.3) is 0 Å². The fourth-order valence-electron chi connectivity index (χ4n) is 2.58. The quantitative estimate of drug-likeness (QED) is 0.733. The van der Waals surface area contributed by atoms with Gasteiger partial charge in [0, 0.05) is 18.3 Å². The predicted molar refractivity (Wildman–Crippen MR) is 80.2 cm³/mol. The van der Waals surface area contributed by atoms with Gasteiger partial charge in [-0.2, -0.15) is 0 Å². The molecule has 0 bridgehead atoms. The number of nitrogens with zero attached hydrogens (tertiary/aromatic N) is 1. The first-order chi connectivity index (χ1) is 9.30. The second kappa shape index (κ2) is 4.48. The molecule has 0 unspecified atom stereocenters. The summed E-state index contributed by atoms with van der Waals surface area (Å²) >= 11 is 0. The van der Waals surface area contributed by atoms with Crippen molar-refractivity contribution in [3.05, 3.63) is 23.8 Å². The van der Waals surface area contributed by atoms with Crippen LogP contribution in [0, 0.1) is 0 Å². The largest absolute Gasteiger partial charge is 0.494 e. The third-order valence-corrected chi connectivity index (χ3v) is 4.58. The Morgan fingerprint density at radius 1 is 1.10 bits per heavy atom. The maximum Gasteiger partial charge on any atom is 0.494 e. The van der Waals surface area contributed by atoms with Crippen molar-refractivity contribution in [1.29, 1.82) is 0 Å². The maximum absolute atomic E-state index is 6.09.